The Kier molecular flexibility index (Phi) is 56.0. The van der Waals surface area contributed by atoms with Gasteiger partial charge in [0.05, 0.1) is 0 Å². The third-order valence-corrected chi connectivity index (χ3v) is 11.8. The van der Waals surface area contributed by atoms with E-state index in [0.717, 1.165) is 161 Å². The Labute approximate surface area is 448 Å². The van der Waals surface area contributed by atoms with Gasteiger partial charge in [0.25, 0.3) is 0 Å². The SMILES string of the molecule is CC/C=C\C/C=C\C/C=C\C/C=C\C/C=C\C/C=C\C/C=C\CCCCCCCCCCCC(=O)OCC(COC(=O)CCCCCCC)OC(=O)CCCCC/C=C\C/C=C\C/C=C\C/C=C\C/C=C\CC. The molecular formula is C67H106O6. The normalized spacial score (nSPS) is 13.2. The first-order valence-corrected chi connectivity index (χ1v) is 29.3. The quantitative estimate of drug-likeness (QED) is 0.0261. The third-order valence-electron chi connectivity index (χ3n) is 11.8. The van der Waals surface area contributed by atoms with Gasteiger partial charge in [-0.2, -0.15) is 0 Å². The van der Waals surface area contributed by atoms with Crippen LogP contribution in [0.3, 0.4) is 0 Å². The minimum absolute atomic E-state index is 0.0986. The largest absolute Gasteiger partial charge is 0.462 e. The van der Waals surface area contributed by atoms with Gasteiger partial charge in [0.1, 0.15) is 13.2 Å². The first kappa shape index (κ1) is 68.3. The zero-order chi connectivity index (χ0) is 52.9. The molecule has 6 heteroatoms. The highest BCUT2D eigenvalue weighted by Crippen LogP contribution is 2.14. The zero-order valence-corrected chi connectivity index (χ0v) is 46.8. The van der Waals surface area contributed by atoms with Crippen molar-refractivity contribution in [2.24, 2.45) is 0 Å². The molecule has 1 atom stereocenters. The van der Waals surface area contributed by atoms with Crippen molar-refractivity contribution in [2.45, 2.75) is 245 Å². The van der Waals surface area contributed by atoms with Crippen LogP contribution in [0, 0.1) is 0 Å². The van der Waals surface area contributed by atoms with E-state index in [1.54, 1.807) is 0 Å². The summed E-state index contributed by atoms with van der Waals surface area (Å²) in [5.74, 6) is -0.958. The number of carbonyl (C=O) groups excluding carboxylic acids is 3. The van der Waals surface area contributed by atoms with Crippen molar-refractivity contribution < 1.29 is 28.6 Å². The van der Waals surface area contributed by atoms with E-state index < -0.39 is 6.10 Å². The van der Waals surface area contributed by atoms with Crippen molar-refractivity contribution >= 4 is 17.9 Å². The van der Waals surface area contributed by atoms with E-state index in [1.807, 2.05) is 0 Å². The minimum atomic E-state index is -0.800. The summed E-state index contributed by atoms with van der Waals surface area (Å²) in [6.07, 6.45) is 86.0. The second kappa shape index (κ2) is 59.8. The highest BCUT2D eigenvalue weighted by Gasteiger charge is 2.19. The number of esters is 3. The number of allylic oxidation sites excluding steroid dienone is 24. The molecule has 0 aliphatic carbocycles. The molecule has 6 nitrogen and oxygen atoms in total. The van der Waals surface area contributed by atoms with Crippen LogP contribution in [0.15, 0.2) is 146 Å². The number of carbonyl (C=O) groups is 3. The van der Waals surface area contributed by atoms with Crippen LogP contribution in [0.25, 0.3) is 0 Å². The van der Waals surface area contributed by atoms with E-state index in [1.165, 1.54) is 38.5 Å². The molecule has 0 aromatic heterocycles. The van der Waals surface area contributed by atoms with Gasteiger partial charge in [-0.25, -0.2) is 0 Å². The fourth-order valence-electron chi connectivity index (χ4n) is 7.51. The summed E-state index contributed by atoms with van der Waals surface area (Å²) in [6, 6.07) is 0. The van der Waals surface area contributed by atoms with Crippen molar-refractivity contribution in [3.05, 3.63) is 146 Å². The molecule has 0 aliphatic rings. The topological polar surface area (TPSA) is 78.9 Å². The van der Waals surface area contributed by atoms with E-state index in [2.05, 4.69) is 167 Å². The number of hydrogen-bond acceptors (Lipinski definition) is 6. The van der Waals surface area contributed by atoms with Crippen LogP contribution in [0.4, 0.5) is 0 Å². The van der Waals surface area contributed by atoms with E-state index in [4.69, 9.17) is 14.2 Å². The fourth-order valence-corrected chi connectivity index (χ4v) is 7.51. The van der Waals surface area contributed by atoms with Gasteiger partial charge in [0.2, 0.25) is 0 Å². The Morgan fingerprint density at radius 1 is 0.288 bits per heavy atom. The fraction of sp³-hybridized carbons (Fsp3) is 0.597. The molecule has 410 valence electrons. The van der Waals surface area contributed by atoms with Crippen molar-refractivity contribution in [1.29, 1.82) is 0 Å². The average Bonchev–Trinajstić information content (AvgIpc) is 3.39. The predicted molar refractivity (Wildman–Crippen MR) is 315 cm³/mol. The van der Waals surface area contributed by atoms with Gasteiger partial charge in [0, 0.05) is 19.3 Å². The Hall–Kier alpha value is -4.71. The van der Waals surface area contributed by atoms with Crippen molar-refractivity contribution in [3.8, 4) is 0 Å². The van der Waals surface area contributed by atoms with E-state index in [0.29, 0.717) is 12.8 Å². The van der Waals surface area contributed by atoms with Crippen LogP contribution in [0.1, 0.15) is 239 Å². The third kappa shape index (κ3) is 58.1. The van der Waals surface area contributed by atoms with Crippen LogP contribution in [0.5, 0.6) is 0 Å². The standard InChI is InChI=1S/C67H106O6/c1-4-7-10-13-15-17-19-21-23-25-27-28-29-30-31-32-33-34-35-36-37-38-40-41-43-45-47-49-51-54-57-60-66(69)72-63-64(62-71-65(68)59-56-53-12-9-6-3)73-67(70)61-58-55-52-50-48-46-44-42-39-26-24-22-20-18-16-14-11-8-5-2/h7-8,10-11,15-18,21-24,27-28,30-31,33-34,36-37,39,42,46,48,64H,4-6,9,12-14,19-20,25-26,29,32,35,38,40-41,43-45,47,49-63H2,1-3H3/b10-7-,11-8-,17-15-,18-16-,23-21-,24-22-,28-27-,31-30-,34-33-,37-36-,42-39-,48-46-. The van der Waals surface area contributed by atoms with Gasteiger partial charge in [0.15, 0.2) is 6.10 Å². The molecule has 0 saturated carbocycles. The van der Waals surface area contributed by atoms with Crippen molar-refractivity contribution in [3.63, 3.8) is 0 Å². The summed E-state index contributed by atoms with van der Waals surface area (Å²) < 4.78 is 16.7. The second-order valence-electron chi connectivity index (χ2n) is 18.8. The lowest BCUT2D eigenvalue weighted by atomic mass is 10.1. The van der Waals surface area contributed by atoms with Gasteiger partial charge in [-0.1, -0.05) is 244 Å². The molecule has 0 aliphatic heterocycles. The van der Waals surface area contributed by atoms with Gasteiger partial charge in [-0.15, -0.1) is 0 Å². The summed E-state index contributed by atoms with van der Waals surface area (Å²) in [6.45, 7) is 6.28. The highest BCUT2D eigenvalue weighted by molar-refractivity contribution is 5.71. The molecule has 0 amide bonds. The first-order chi connectivity index (χ1) is 36.0. The second-order valence-corrected chi connectivity index (χ2v) is 18.8. The molecule has 0 saturated heterocycles. The molecule has 0 heterocycles. The number of unbranched alkanes of at least 4 members (excludes halogenated alkanes) is 16. The minimum Gasteiger partial charge on any atom is -0.462 e. The van der Waals surface area contributed by atoms with Crippen molar-refractivity contribution in [1.82, 2.24) is 0 Å². The van der Waals surface area contributed by atoms with Crippen molar-refractivity contribution in [2.75, 3.05) is 13.2 Å². The Morgan fingerprint density at radius 3 is 0.849 bits per heavy atom. The van der Waals surface area contributed by atoms with Gasteiger partial charge < -0.3 is 14.2 Å². The van der Waals surface area contributed by atoms with Gasteiger partial charge >= 0.3 is 17.9 Å². The van der Waals surface area contributed by atoms with Crippen LogP contribution < -0.4 is 0 Å². The molecule has 73 heavy (non-hydrogen) atoms. The van der Waals surface area contributed by atoms with Gasteiger partial charge in [-0.3, -0.25) is 14.4 Å². The maximum absolute atomic E-state index is 12.8. The lowest BCUT2D eigenvalue weighted by molar-refractivity contribution is -0.167. The molecule has 0 aromatic rings. The smallest absolute Gasteiger partial charge is 0.306 e. The molecule has 0 rings (SSSR count). The zero-order valence-electron chi connectivity index (χ0n) is 46.8. The summed E-state index contributed by atoms with van der Waals surface area (Å²) >= 11 is 0. The monoisotopic (exact) mass is 1010 g/mol. The predicted octanol–water partition coefficient (Wildman–Crippen LogP) is 20.0. The Balaban J connectivity index is 4.15. The summed E-state index contributed by atoms with van der Waals surface area (Å²) in [5.41, 5.74) is 0. The maximum Gasteiger partial charge on any atom is 0.306 e. The van der Waals surface area contributed by atoms with E-state index in [-0.39, 0.29) is 37.5 Å². The maximum atomic E-state index is 12.8. The molecular weight excluding hydrogens is 901 g/mol. The number of ether oxygens (including phenoxy) is 3. The lowest BCUT2D eigenvalue weighted by Crippen LogP contribution is -2.30. The Bertz CT molecular complexity index is 1630. The number of hydrogen-bond donors (Lipinski definition) is 0. The molecule has 0 fully saturated rings. The van der Waals surface area contributed by atoms with Crippen LogP contribution in [-0.2, 0) is 28.6 Å². The molecule has 0 radical (unpaired) electrons. The highest BCUT2D eigenvalue weighted by atomic mass is 16.6. The van der Waals surface area contributed by atoms with Crippen LogP contribution >= 0.6 is 0 Å². The molecule has 0 spiro atoms. The van der Waals surface area contributed by atoms with Gasteiger partial charge in [-0.05, 0) is 122 Å². The first-order valence-electron chi connectivity index (χ1n) is 29.3. The average molecular weight is 1010 g/mol. The summed E-state index contributed by atoms with van der Waals surface area (Å²) in [5, 5.41) is 0. The summed E-state index contributed by atoms with van der Waals surface area (Å²) in [4.78, 5) is 37.8. The van der Waals surface area contributed by atoms with E-state index in [9.17, 15) is 14.4 Å². The molecule has 0 aromatic carbocycles. The molecule has 1 unspecified atom stereocenters. The number of rotatable bonds is 51. The lowest BCUT2D eigenvalue weighted by Gasteiger charge is -2.18. The molecule has 0 bridgehead atoms. The van der Waals surface area contributed by atoms with E-state index >= 15 is 0 Å². The molecule has 0 N–H and O–H groups in total. The van der Waals surface area contributed by atoms with Crippen LogP contribution in [-0.4, -0.2) is 37.2 Å². The summed E-state index contributed by atoms with van der Waals surface area (Å²) in [7, 11) is 0. The Morgan fingerprint density at radius 2 is 0.534 bits per heavy atom. The van der Waals surface area contributed by atoms with Crippen LogP contribution in [0.2, 0.25) is 0 Å².